The van der Waals surface area contributed by atoms with Gasteiger partial charge in [-0.1, -0.05) is 12.1 Å². The Balaban J connectivity index is 3.47. The minimum Gasteiger partial charge on any atom is -0.369 e. The van der Waals surface area contributed by atoms with Crippen LogP contribution in [-0.4, -0.2) is 43.0 Å². The SMILES string of the molecule is Cc1cc(C(O)(C(F)(F)F)C(F)(F)F)cc(C)c1N(C)C(=O)NCCCl. The molecule has 0 aliphatic carbocycles. The molecule has 1 aromatic carbocycles. The maximum absolute atomic E-state index is 13.0. The lowest BCUT2D eigenvalue weighted by atomic mass is 9.89. The van der Waals surface area contributed by atoms with Crippen LogP contribution in [0.3, 0.4) is 0 Å². The van der Waals surface area contributed by atoms with Crippen LogP contribution in [0.15, 0.2) is 12.1 Å². The van der Waals surface area contributed by atoms with Crippen LogP contribution in [0.1, 0.15) is 16.7 Å². The Bertz CT molecular complexity index is 638. The van der Waals surface area contributed by atoms with E-state index in [2.05, 4.69) is 5.32 Å². The predicted molar refractivity (Wildman–Crippen MR) is 84.4 cm³/mol. The summed E-state index contributed by atoms with van der Waals surface area (Å²) in [6.45, 7) is 2.61. The van der Waals surface area contributed by atoms with Crippen molar-refractivity contribution in [3.05, 3.63) is 28.8 Å². The smallest absolute Gasteiger partial charge is 0.369 e. The molecule has 0 unspecified atom stereocenters. The molecule has 0 aliphatic rings. The Morgan fingerprint density at radius 2 is 1.54 bits per heavy atom. The van der Waals surface area contributed by atoms with Crippen molar-refractivity contribution < 1.29 is 36.2 Å². The van der Waals surface area contributed by atoms with Crippen LogP contribution in [0, 0.1) is 13.8 Å². The van der Waals surface area contributed by atoms with Crippen molar-refractivity contribution in [1.82, 2.24) is 5.32 Å². The summed E-state index contributed by atoms with van der Waals surface area (Å²) in [5, 5.41) is 11.9. The number of aryl methyl sites for hydroxylation is 2. The van der Waals surface area contributed by atoms with E-state index < -0.39 is 29.5 Å². The second-order valence-electron chi connectivity index (χ2n) is 5.64. The largest absolute Gasteiger partial charge is 0.430 e. The van der Waals surface area contributed by atoms with Gasteiger partial charge >= 0.3 is 18.4 Å². The van der Waals surface area contributed by atoms with Gasteiger partial charge in [-0.25, -0.2) is 4.79 Å². The lowest BCUT2D eigenvalue weighted by Gasteiger charge is -2.34. The maximum atomic E-state index is 13.0. The van der Waals surface area contributed by atoms with Crippen molar-refractivity contribution in [2.24, 2.45) is 0 Å². The van der Waals surface area contributed by atoms with Crippen LogP contribution >= 0.6 is 11.6 Å². The highest BCUT2D eigenvalue weighted by atomic mass is 35.5. The van der Waals surface area contributed by atoms with Gasteiger partial charge in [-0.2, -0.15) is 26.3 Å². The average molecular weight is 407 g/mol. The van der Waals surface area contributed by atoms with Gasteiger partial charge in [0.1, 0.15) is 0 Å². The van der Waals surface area contributed by atoms with Crippen LogP contribution in [-0.2, 0) is 5.60 Å². The van der Waals surface area contributed by atoms with Crippen molar-refractivity contribution in [3.63, 3.8) is 0 Å². The number of nitrogens with one attached hydrogen (secondary N) is 1. The zero-order valence-corrected chi connectivity index (χ0v) is 14.8. The van der Waals surface area contributed by atoms with Gasteiger partial charge in [0.05, 0.1) is 5.69 Å². The summed E-state index contributed by atoms with van der Waals surface area (Å²) in [6, 6.07) is 0.495. The summed E-state index contributed by atoms with van der Waals surface area (Å²) < 4.78 is 78.1. The minimum atomic E-state index is -5.98. The summed E-state index contributed by atoms with van der Waals surface area (Å²) >= 11 is 5.44. The molecule has 0 saturated carbocycles. The van der Waals surface area contributed by atoms with E-state index in [1.54, 1.807) is 0 Å². The number of amides is 2. The van der Waals surface area contributed by atoms with E-state index in [4.69, 9.17) is 11.6 Å². The van der Waals surface area contributed by atoms with Crippen LogP contribution in [0.2, 0.25) is 0 Å². The summed E-state index contributed by atoms with van der Waals surface area (Å²) in [4.78, 5) is 13.0. The number of aliphatic hydroxyl groups is 1. The van der Waals surface area contributed by atoms with Crippen LogP contribution < -0.4 is 10.2 Å². The van der Waals surface area contributed by atoms with E-state index in [0.717, 1.165) is 4.90 Å². The molecule has 0 spiro atoms. The Morgan fingerprint density at radius 3 is 1.88 bits per heavy atom. The highest BCUT2D eigenvalue weighted by Gasteiger charge is 2.71. The molecule has 2 N–H and O–H groups in total. The van der Waals surface area contributed by atoms with Gasteiger partial charge in [0.2, 0.25) is 0 Å². The van der Waals surface area contributed by atoms with Gasteiger partial charge in [0.25, 0.3) is 5.60 Å². The molecule has 0 aromatic heterocycles. The summed E-state index contributed by atoms with van der Waals surface area (Å²) in [5.74, 6) is 0.126. The fourth-order valence-corrected chi connectivity index (χ4v) is 2.65. The topological polar surface area (TPSA) is 52.6 Å². The van der Waals surface area contributed by atoms with Gasteiger partial charge in [0.15, 0.2) is 0 Å². The van der Waals surface area contributed by atoms with Gasteiger partial charge in [-0.15, -0.1) is 11.6 Å². The molecule has 0 aliphatic heterocycles. The number of nitrogens with zero attached hydrogens (tertiary/aromatic N) is 1. The van der Waals surface area contributed by atoms with Crippen molar-refractivity contribution in [1.29, 1.82) is 0 Å². The number of alkyl halides is 7. The highest BCUT2D eigenvalue weighted by molar-refractivity contribution is 6.18. The number of carbonyl (C=O) groups is 1. The molecule has 2 amide bonds. The number of hydrogen-bond acceptors (Lipinski definition) is 2. The molecule has 0 bridgehead atoms. The van der Waals surface area contributed by atoms with Crippen LogP contribution in [0.5, 0.6) is 0 Å². The molecule has 11 heteroatoms. The number of carbonyl (C=O) groups excluding carboxylic acids is 1. The average Bonchev–Trinajstić information content (AvgIpc) is 2.48. The van der Waals surface area contributed by atoms with Crippen molar-refractivity contribution in [3.8, 4) is 0 Å². The summed E-state index contributed by atoms with van der Waals surface area (Å²) in [5.41, 5.74) is -6.36. The number of hydrogen-bond donors (Lipinski definition) is 2. The third-order valence-corrected chi connectivity index (χ3v) is 3.93. The van der Waals surface area contributed by atoms with Crippen LogP contribution in [0.25, 0.3) is 0 Å². The van der Waals surface area contributed by atoms with E-state index in [1.165, 1.54) is 20.9 Å². The Hall–Kier alpha value is -1.68. The summed E-state index contributed by atoms with van der Waals surface area (Å²) in [7, 11) is 1.30. The minimum absolute atomic E-state index is 0.0459. The Morgan fingerprint density at radius 1 is 1.12 bits per heavy atom. The molecule has 1 rings (SSSR count). The van der Waals surface area contributed by atoms with E-state index in [-0.39, 0.29) is 29.2 Å². The Kier molecular flexibility index (Phi) is 6.46. The molecule has 148 valence electrons. The van der Waals surface area contributed by atoms with Gasteiger partial charge in [-0.05, 0) is 25.0 Å². The number of benzene rings is 1. The first-order valence-corrected chi connectivity index (χ1v) is 7.77. The molecular weight excluding hydrogens is 390 g/mol. The van der Waals surface area contributed by atoms with E-state index >= 15 is 0 Å². The normalized spacial score (nSPS) is 12.9. The predicted octanol–water partition coefficient (Wildman–Crippen LogP) is 4.00. The molecule has 0 radical (unpaired) electrons. The lowest BCUT2D eigenvalue weighted by molar-refractivity contribution is -0.376. The first kappa shape index (κ1) is 22.4. The quantitative estimate of drug-likeness (QED) is 0.586. The molecular formula is C15H17ClF6N2O2. The van der Waals surface area contributed by atoms with E-state index in [1.807, 2.05) is 0 Å². The van der Waals surface area contributed by atoms with Gasteiger partial charge < -0.3 is 10.4 Å². The second kappa shape index (κ2) is 7.51. The molecule has 0 atom stereocenters. The first-order chi connectivity index (χ1) is 11.7. The molecule has 4 nitrogen and oxygen atoms in total. The first-order valence-electron chi connectivity index (χ1n) is 7.23. The maximum Gasteiger partial charge on any atom is 0.430 e. The molecule has 0 saturated heterocycles. The number of rotatable bonds is 4. The van der Waals surface area contributed by atoms with E-state index in [0.29, 0.717) is 12.1 Å². The third-order valence-electron chi connectivity index (χ3n) is 3.74. The lowest BCUT2D eigenvalue weighted by Crippen LogP contribution is -2.54. The molecule has 0 fully saturated rings. The second-order valence-corrected chi connectivity index (χ2v) is 6.02. The zero-order valence-electron chi connectivity index (χ0n) is 14.0. The zero-order chi connectivity index (χ0) is 20.5. The third kappa shape index (κ3) is 4.01. The number of halogens is 7. The highest BCUT2D eigenvalue weighted by Crippen LogP contribution is 2.50. The fraction of sp³-hybridized carbons (Fsp3) is 0.533. The van der Waals surface area contributed by atoms with Gasteiger partial charge in [0, 0.05) is 25.0 Å². The van der Waals surface area contributed by atoms with Gasteiger partial charge in [-0.3, -0.25) is 4.90 Å². The standard InChI is InChI=1S/C15H17ClF6N2O2/c1-8-6-10(13(26,14(17,18)19)15(20,21)22)7-9(2)11(8)24(3)12(25)23-5-4-16/h6-7,26H,4-5H2,1-3H3,(H,23,25). The monoisotopic (exact) mass is 406 g/mol. The van der Waals surface area contributed by atoms with Crippen molar-refractivity contribution in [2.75, 3.05) is 24.4 Å². The molecule has 1 aromatic rings. The number of anilines is 1. The van der Waals surface area contributed by atoms with Crippen molar-refractivity contribution in [2.45, 2.75) is 31.8 Å². The van der Waals surface area contributed by atoms with Crippen molar-refractivity contribution >= 4 is 23.3 Å². The molecule has 26 heavy (non-hydrogen) atoms. The Labute approximate surface area is 150 Å². The van der Waals surface area contributed by atoms with Crippen LogP contribution in [0.4, 0.5) is 36.8 Å². The fourth-order valence-electron chi connectivity index (χ4n) is 2.56. The molecule has 0 heterocycles. The van der Waals surface area contributed by atoms with E-state index in [9.17, 15) is 36.2 Å². The number of urea groups is 1. The summed E-state index contributed by atoms with van der Waals surface area (Å²) in [6.07, 6.45) is -12.0.